The molecule has 2 aliphatic carbocycles. The van der Waals surface area contributed by atoms with Gasteiger partial charge >= 0.3 is 6.01 Å². The number of rotatable bonds is 9. The smallest absolute Gasteiger partial charge is 0.320 e. The Morgan fingerprint density at radius 3 is 2.57 bits per heavy atom. The molecule has 2 saturated carbocycles. The average molecular weight is 429 g/mol. The molecule has 0 spiro atoms. The lowest BCUT2D eigenvalue weighted by Gasteiger charge is -2.16. The molecule has 2 aliphatic rings. The maximum atomic E-state index is 13.0. The topological polar surface area (TPSA) is 107 Å². The second-order valence-corrected chi connectivity index (χ2v) is 9.53. The van der Waals surface area contributed by atoms with Gasteiger partial charge in [0.2, 0.25) is 5.88 Å². The summed E-state index contributed by atoms with van der Waals surface area (Å²) >= 11 is 0. The number of amides is 1. The number of para-hydroxylation sites is 1. The van der Waals surface area contributed by atoms with Crippen LogP contribution >= 0.6 is 0 Å². The number of hydrogen-bond donors (Lipinski definition) is 1. The van der Waals surface area contributed by atoms with Crippen molar-refractivity contribution in [1.29, 1.82) is 0 Å². The van der Waals surface area contributed by atoms with Crippen LogP contribution in [-0.2, 0) is 9.84 Å². The van der Waals surface area contributed by atoms with Gasteiger partial charge in [0.15, 0.2) is 9.84 Å². The van der Waals surface area contributed by atoms with Gasteiger partial charge < -0.3 is 14.8 Å². The van der Waals surface area contributed by atoms with Gasteiger partial charge in [-0.25, -0.2) is 13.4 Å². The fraction of sp³-hybridized carbons (Fsp3) is 0.381. The van der Waals surface area contributed by atoms with Crippen LogP contribution in [0.1, 0.15) is 36.0 Å². The minimum Gasteiger partial charge on any atom is -0.460 e. The molecule has 0 aliphatic heterocycles. The van der Waals surface area contributed by atoms with Crippen LogP contribution in [0.15, 0.2) is 48.0 Å². The number of sulfone groups is 1. The van der Waals surface area contributed by atoms with Crippen LogP contribution < -0.4 is 14.8 Å². The Hall–Kier alpha value is -2.94. The van der Waals surface area contributed by atoms with Gasteiger partial charge in [-0.1, -0.05) is 24.3 Å². The zero-order valence-electron chi connectivity index (χ0n) is 16.5. The third-order valence-corrected chi connectivity index (χ3v) is 5.34. The first-order valence-electron chi connectivity index (χ1n) is 9.83. The summed E-state index contributed by atoms with van der Waals surface area (Å²) in [6.07, 6.45) is 7.89. The second kappa shape index (κ2) is 8.43. The molecule has 0 saturated heterocycles. The molecule has 0 unspecified atom stereocenters. The summed E-state index contributed by atoms with van der Waals surface area (Å²) in [6.45, 7) is 0. The van der Waals surface area contributed by atoms with Crippen LogP contribution in [-0.4, -0.2) is 42.7 Å². The third kappa shape index (κ3) is 5.79. The van der Waals surface area contributed by atoms with Crippen molar-refractivity contribution in [3.05, 3.63) is 53.6 Å². The van der Waals surface area contributed by atoms with E-state index in [2.05, 4.69) is 15.3 Å². The Bertz CT molecular complexity index is 1050. The molecule has 158 valence electrons. The van der Waals surface area contributed by atoms with E-state index >= 15 is 0 Å². The number of nitrogens with one attached hydrogen (secondary N) is 1. The fourth-order valence-corrected chi connectivity index (χ4v) is 3.27. The van der Waals surface area contributed by atoms with E-state index in [-0.39, 0.29) is 35.5 Å². The van der Waals surface area contributed by atoms with E-state index in [1.807, 2.05) is 18.2 Å². The first-order valence-corrected chi connectivity index (χ1v) is 11.8. The van der Waals surface area contributed by atoms with Crippen molar-refractivity contribution >= 4 is 15.7 Å². The van der Waals surface area contributed by atoms with Crippen molar-refractivity contribution < 1.29 is 22.7 Å². The average Bonchev–Trinajstić information content (AvgIpc) is 3.60. The van der Waals surface area contributed by atoms with E-state index in [0.717, 1.165) is 37.3 Å². The molecule has 1 aromatic carbocycles. The van der Waals surface area contributed by atoms with Crippen molar-refractivity contribution in [2.24, 2.45) is 5.92 Å². The Balaban J connectivity index is 1.57. The van der Waals surface area contributed by atoms with Crippen LogP contribution in [0, 0.1) is 5.92 Å². The fourth-order valence-electron chi connectivity index (χ4n) is 2.81. The van der Waals surface area contributed by atoms with Gasteiger partial charge in [0, 0.05) is 11.7 Å². The Labute approximate surface area is 175 Å². The number of nitrogens with zero attached hydrogens (tertiary/aromatic N) is 2. The van der Waals surface area contributed by atoms with Gasteiger partial charge in [-0.15, -0.1) is 0 Å². The maximum Gasteiger partial charge on any atom is 0.320 e. The molecular weight excluding hydrogens is 406 g/mol. The minimum absolute atomic E-state index is 0.0889. The number of ether oxygens (including phenoxy) is 2. The summed E-state index contributed by atoms with van der Waals surface area (Å²) in [6, 6.07) is 8.78. The highest BCUT2D eigenvalue weighted by atomic mass is 32.2. The lowest BCUT2D eigenvalue weighted by molar-refractivity contribution is 0.0937. The number of hydrogen-bond acceptors (Lipinski definition) is 7. The van der Waals surface area contributed by atoms with Crippen molar-refractivity contribution in [3.8, 4) is 17.6 Å². The van der Waals surface area contributed by atoms with E-state index in [1.165, 1.54) is 12.3 Å². The van der Waals surface area contributed by atoms with Crippen LogP contribution in [0.5, 0.6) is 17.6 Å². The van der Waals surface area contributed by atoms with Gasteiger partial charge in [-0.2, -0.15) is 4.98 Å². The molecule has 4 rings (SSSR count). The van der Waals surface area contributed by atoms with Gasteiger partial charge in [0.25, 0.3) is 5.91 Å². The maximum absolute atomic E-state index is 13.0. The number of carbonyl (C=O) groups excluding carboxylic acids is 1. The molecule has 0 radical (unpaired) electrons. The number of carbonyl (C=O) groups is 1. The van der Waals surface area contributed by atoms with Gasteiger partial charge in [0.05, 0.1) is 12.2 Å². The van der Waals surface area contributed by atoms with Crippen LogP contribution in [0.2, 0.25) is 0 Å². The summed E-state index contributed by atoms with van der Waals surface area (Å²) in [5.41, 5.74) is 0.153. The summed E-state index contributed by atoms with van der Waals surface area (Å²) in [5.74, 6) is 0.391. The lowest BCUT2D eigenvalue weighted by Crippen LogP contribution is -2.35. The molecule has 2 fully saturated rings. The van der Waals surface area contributed by atoms with Gasteiger partial charge in [0.1, 0.15) is 17.4 Å². The predicted molar refractivity (Wildman–Crippen MR) is 110 cm³/mol. The molecule has 1 atom stereocenters. The van der Waals surface area contributed by atoms with E-state index in [0.29, 0.717) is 5.75 Å². The Morgan fingerprint density at radius 2 is 1.93 bits per heavy atom. The molecule has 9 heteroatoms. The Morgan fingerprint density at radius 1 is 1.20 bits per heavy atom. The monoisotopic (exact) mass is 429 g/mol. The van der Waals surface area contributed by atoms with Gasteiger partial charge in [-0.3, -0.25) is 4.79 Å². The standard InChI is InChI=1S/C21H23N3O5S/c1-30(26,27)12-11-18(14-7-8-14)23-19(25)17-13-22-21(29-16-9-10-16)24-20(17)28-15-5-3-2-4-6-15/h2-6,11-14,16,18H,7-10H2,1H3,(H,23,25)/b12-11+/t18-/m1/s1. The first kappa shape index (κ1) is 20.3. The first-order chi connectivity index (χ1) is 14.4. The molecule has 2 aromatic rings. The highest BCUT2D eigenvalue weighted by Gasteiger charge is 2.32. The molecule has 30 heavy (non-hydrogen) atoms. The number of aromatic nitrogens is 2. The summed E-state index contributed by atoms with van der Waals surface area (Å²) < 4.78 is 34.4. The zero-order chi connectivity index (χ0) is 21.1. The van der Waals surface area contributed by atoms with Crippen LogP contribution in [0.3, 0.4) is 0 Å². The van der Waals surface area contributed by atoms with Crippen molar-refractivity contribution in [3.63, 3.8) is 0 Å². The van der Waals surface area contributed by atoms with E-state index in [1.54, 1.807) is 12.1 Å². The molecule has 0 bridgehead atoms. The normalized spacial score (nSPS) is 17.5. The summed E-state index contributed by atoms with van der Waals surface area (Å²) in [5, 5.41) is 4.00. The summed E-state index contributed by atoms with van der Waals surface area (Å²) in [4.78, 5) is 21.4. The molecule has 1 amide bonds. The quantitative estimate of drug-likeness (QED) is 0.653. The van der Waals surface area contributed by atoms with Crippen LogP contribution in [0.25, 0.3) is 0 Å². The second-order valence-electron chi connectivity index (χ2n) is 7.60. The highest BCUT2D eigenvalue weighted by Crippen LogP contribution is 2.34. The lowest BCUT2D eigenvalue weighted by atomic mass is 10.1. The molecule has 1 N–H and O–H groups in total. The third-order valence-electron chi connectivity index (χ3n) is 4.69. The largest absolute Gasteiger partial charge is 0.460 e. The zero-order valence-corrected chi connectivity index (χ0v) is 17.3. The van der Waals surface area contributed by atoms with Gasteiger partial charge in [-0.05, 0) is 43.7 Å². The highest BCUT2D eigenvalue weighted by molar-refractivity contribution is 7.93. The van der Waals surface area contributed by atoms with E-state index in [4.69, 9.17) is 9.47 Å². The Kier molecular flexibility index (Phi) is 5.72. The summed E-state index contributed by atoms with van der Waals surface area (Å²) in [7, 11) is -3.28. The van der Waals surface area contributed by atoms with E-state index in [9.17, 15) is 13.2 Å². The molecule has 1 heterocycles. The van der Waals surface area contributed by atoms with E-state index < -0.39 is 15.7 Å². The van der Waals surface area contributed by atoms with Crippen molar-refractivity contribution in [1.82, 2.24) is 15.3 Å². The van der Waals surface area contributed by atoms with Crippen molar-refractivity contribution in [2.45, 2.75) is 37.8 Å². The predicted octanol–water partition coefficient (Wildman–Crippen LogP) is 2.88. The van der Waals surface area contributed by atoms with Crippen LogP contribution in [0.4, 0.5) is 0 Å². The minimum atomic E-state index is -3.28. The SMILES string of the molecule is CS(=O)(=O)/C=C/[C@@H](NC(=O)c1cnc(OC2CC2)nc1Oc1ccccc1)C1CC1. The number of benzene rings is 1. The molecule has 8 nitrogen and oxygen atoms in total. The molecule has 1 aromatic heterocycles. The van der Waals surface area contributed by atoms with Crippen molar-refractivity contribution in [2.75, 3.05) is 6.26 Å². The molecular formula is C21H23N3O5S.